The smallest absolute Gasteiger partial charge is 0.145 e. The molecule has 0 radical (unpaired) electrons. The van der Waals surface area contributed by atoms with Gasteiger partial charge >= 0.3 is 0 Å². The Kier molecular flexibility index (Phi) is 4.82. The van der Waals surface area contributed by atoms with E-state index < -0.39 is 23.2 Å². The van der Waals surface area contributed by atoms with Gasteiger partial charge in [-0.1, -0.05) is 35.9 Å². The van der Waals surface area contributed by atoms with Gasteiger partial charge in [-0.2, -0.15) is 5.10 Å². The maximum atomic E-state index is 14.6. The first-order chi connectivity index (χ1) is 13.4. The second-order valence-electron chi connectivity index (χ2n) is 6.37. The summed E-state index contributed by atoms with van der Waals surface area (Å²) in [5, 5.41) is 16.5. The topological polar surface area (TPSA) is 76.7 Å². The molecular weight excluding hydrogens is 408 g/mol. The number of halogens is 3. The average Bonchev–Trinajstić information content (AvgIpc) is 3.29. The number of aromatic nitrogens is 5. The van der Waals surface area contributed by atoms with E-state index >= 15 is 0 Å². The minimum Gasteiger partial charge on any atom is -0.382 e. The lowest BCUT2D eigenvalue weighted by atomic mass is 9.82. The molecule has 2 atom stereocenters. The summed E-state index contributed by atoms with van der Waals surface area (Å²) in [6, 6.07) is 6.44. The number of aliphatic hydroxyl groups is 1. The predicted molar refractivity (Wildman–Crippen MR) is 101 cm³/mol. The second kappa shape index (κ2) is 7.16. The number of benzene rings is 1. The zero-order valence-corrected chi connectivity index (χ0v) is 16.1. The van der Waals surface area contributed by atoms with E-state index in [0.29, 0.717) is 20.5 Å². The molecule has 10 heteroatoms. The molecule has 28 heavy (non-hydrogen) atoms. The molecule has 0 spiro atoms. The largest absolute Gasteiger partial charge is 0.382 e. The third-order valence-electron chi connectivity index (χ3n) is 4.59. The van der Waals surface area contributed by atoms with Crippen LogP contribution in [0.15, 0.2) is 43.0 Å². The van der Waals surface area contributed by atoms with Crippen molar-refractivity contribution < 1.29 is 13.9 Å². The fourth-order valence-electron chi connectivity index (χ4n) is 3.06. The van der Waals surface area contributed by atoms with Crippen molar-refractivity contribution in [2.75, 3.05) is 0 Å². The number of thiazole rings is 1. The second-order valence-corrected chi connectivity index (χ2v) is 7.77. The Morgan fingerprint density at radius 1 is 1.25 bits per heavy atom. The summed E-state index contributed by atoms with van der Waals surface area (Å²) in [5.41, 5.74) is -1.19. The fraction of sp³-hybridized carbons (Fsp3) is 0.222. The van der Waals surface area contributed by atoms with Gasteiger partial charge in [0.2, 0.25) is 0 Å². The first-order valence-electron chi connectivity index (χ1n) is 8.30. The average molecular weight is 422 g/mol. The molecule has 1 aromatic carbocycles. The highest BCUT2D eigenvalue weighted by Crippen LogP contribution is 2.41. The summed E-state index contributed by atoms with van der Waals surface area (Å²) in [6.07, 6.45) is 2.73. The van der Waals surface area contributed by atoms with Crippen molar-refractivity contribution in [3.63, 3.8) is 0 Å². The van der Waals surface area contributed by atoms with Crippen molar-refractivity contribution in [1.29, 1.82) is 0 Å². The first-order valence-corrected chi connectivity index (χ1v) is 9.49. The van der Waals surface area contributed by atoms with E-state index in [2.05, 4.69) is 20.1 Å². The highest BCUT2D eigenvalue weighted by atomic mass is 35.5. The normalized spacial score (nSPS) is 14.9. The number of rotatable bonds is 5. The van der Waals surface area contributed by atoms with Gasteiger partial charge in [-0.15, -0.1) is 0 Å². The molecule has 3 heterocycles. The van der Waals surface area contributed by atoms with Crippen LogP contribution in [0.5, 0.6) is 0 Å². The van der Waals surface area contributed by atoms with Crippen LogP contribution in [0, 0.1) is 11.6 Å². The van der Waals surface area contributed by atoms with E-state index in [1.165, 1.54) is 34.7 Å². The number of hydrogen-bond acceptors (Lipinski definition) is 6. The van der Waals surface area contributed by atoms with Gasteiger partial charge in [0.05, 0.1) is 6.54 Å². The molecule has 0 bridgehead atoms. The minimum absolute atomic E-state index is 0.0536. The predicted octanol–water partition coefficient (Wildman–Crippen LogP) is 3.91. The molecule has 0 saturated carbocycles. The molecule has 0 fully saturated rings. The molecule has 3 aromatic heterocycles. The van der Waals surface area contributed by atoms with Gasteiger partial charge < -0.3 is 5.11 Å². The molecular formula is C18H14ClF2N5OS. The van der Waals surface area contributed by atoms with Gasteiger partial charge in [0.25, 0.3) is 0 Å². The summed E-state index contributed by atoms with van der Waals surface area (Å²) >= 11 is 7.19. The van der Waals surface area contributed by atoms with E-state index in [-0.39, 0.29) is 12.1 Å². The third-order valence-corrected chi connectivity index (χ3v) is 5.95. The lowest BCUT2D eigenvalue weighted by Gasteiger charge is -2.33. The van der Waals surface area contributed by atoms with Crippen LogP contribution in [-0.2, 0) is 12.1 Å². The maximum Gasteiger partial charge on any atom is 0.145 e. The Balaban J connectivity index is 1.83. The van der Waals surface area contributed by atoms with Crippen molar-refractivity contribution in [2.24, 2.45) is 0 Å². The standard InChI is InChI=1S/C18H14ClF2N5OS/c1-10(16-24-14-4-5-15(19)25-17(14)28-16)18(27,7-26-9-22-8-23-26)12-3-2-11(20)6-13(12)21/h2-6,8-10,27H,7H2,1H3/t10-,18+/m0/s1. The first kappa shape index (κ1) is 18.9. The summed E-state index contributed by atoms with van der Waals surface area (Å²) in [5.74, 6) is -2.23. The molecule has 4 aromatic rings. The van der Waals surface area contributed by atoms with Gasteiger partial charge in [0.1, 0.15) is 50.4 Å². The van der Waals surface area contributed by atoms with Crippen LogP contribution in [0.25, 0.3) is 10.3 Å². The van der Waals surface area contributed by atoms with Crippen molar-refractivity contribution in [3.05, 3.63) is 70.3 Å². The van der Waals surface area contributed by atoms with Crippen molar-refractivity contribution in [1.82, 2.24) is 24.7 Å². The van der Waals surface area contributed by atoms with Crippen molar-refractivity contribution >= 4 is 33.3 Å². The SMILES string of the molecule is C[C@@H](c1nc2ccc(Cl)nc2s1)[C@](O)(Cn1cncn1)c1ccc(F)cc1F. The van der Waals surface area contributed by atoms with Gasteiger partial charge in [-0.3, -0.25) is 0 Å². The number of hydrogen-bond donors (Lipinski definition) is 1. The summed E-state index contributed by atoms with van der Waals surface area (Å²) in [6.45, 7) is 1.62. The summed E-state index contributed by atoms with van der Waals surface area (Å²) in [4.78, 5) is 13.2. The van der Waals surface area contributed by atoms with Crippen molar-refractivity contribution in [2.45, 2.75) is 25.0 Å². The van der Waals surface area contributed by atoms with Crippen molar-refractivity contribution in [3.8, 4) is 0 Å². The van der Waals surface area contributed by atoms with E-state index in [1.54, 1.807) is 19.1 Å². The maximum absolute atomic E-state index is 14.6. The van der Waals surface area contributed by atoms with Gasteiger partial charge in [0.15, 0.2) is 0 Å². The molecule has 0 aliphatic carbocycles. The Morgan fingerprint density at radius 3 is 2.79 bits per heavy atom. The zero-order valence-electron chi connectivity index (χ0n) is 14.6. The highest BCUT2D eigenvalue weighted by Gasteiger charge is 2.41. The Bertz CT molecular complexity index is 1140. The highest BCUT2D eigenvalue weighted by molar-refractivity contribution is 7.18. The molecule has 6 nitrogen and oxygen atoms in total. The Hall–Kier alpha value is -2.49. The van der Waals surface area contributed by atoms with E-state index in [1.807, 2.05) is 0 Å². The quantitative estimate of drug-likeness (QED) is 0.494. The van der Waals surface area contributed by atoms with E-state index in [0.717, 1.165) is 12.1 Å². The van der Waals surface area contributed by atoms with Crippen LogP contribution in [0.3, 0.4) is 0 Å². The lowest BCUT2D eigenvalue weighted by Crippen LogP contribution is -2.38. The van der Waals surface area contributed by atoms with Crippen LogP contribution in [0.1, 0.15) is 23.4 Å². The molecule has 0 unspecified atom stereocenters. The Morgan fingerprint density at radius 2 is 2.07 bits per heavy atom. The van der Waals surface area contributed by atoms with Gasteiger partial charge in [0, 0.05) is 17.5 Å². The molecule has 144 valence electrons. The number of fused-ring (bicyclic) bond motifs is 1. The van der Waals surface area contributed by atoms with E-state index in [9.17, 15) is 13.9 Å². The van der Waals surface area contributed by atoms with Crippen LogP contribution >= 0.6 is 22.9 Å². The fourth-order valence-corrected chi connectivity index (χ4v) is 4.33. The van der Waals surface area contributed by atoms with Crippen LogP contribution in [0.4, 0.5) is 8.78 Å². The van der Waals surface area contributed by atoms with Crippen LogP contribution in [0.2, 0.25) is 5.15 Å². The zero-order chi connectivity index (χ0) is 19.9. The molecule has 0 aliphatic rings. The number of nitrogens with zero attached hydrogens (tertiary/aromatic N) is 5. The molecule has 0 saturated heterocycles. The summed E-state index contributed by atoms with van der Waals surface area (Å²) in [7, 11) is 0. The molecule has 0 aliphatic heterocycles. The minimum atomic E-state index is -1.76. The Labute approximate surface area is 167 Å². The monoisotopic (exact) mass is 421 g/mol. The van der Waals surface area contributed by atoms with Gasteiger partial charge in [-0.05, 0) is 18.2 Å². The van der Waals surface area contributed by atoms with Crippen LogP contribution < -0.4 is 0 Å². The molecule has 4 rings (SSSR count). The third kappa shape index (κ3) is 3.36. The molecule has 1 N–H and O–H groups in total. The van der Waals surface area contributed by atoms with Crippen LogP contribution in [-0.4, -0.2) is 29.8 Å². The van der Waals surface area contributed by atoms with E-state index in [4.69, 9.17) is 11.6 Å². The summed E-state index contributed by atoms with van der Waals surface area (Å²) < 4.78 is 29.4. The lowest BCUT2D eigenvalue weighted by molar-refractivity contribution is -0.0112. The molecule has 0 amide bonds. The van der Waals surface area contributed by atoms with Gasteiger partial charge in [-0.25, -0.2) is 28.4 Å². The number of pyridine rings is 1.